The topological polar surface area (TPSA) is 117 Å². The number of methoxy groups -OCH3 is 1. The van der Waals surface area contributed by atoms with Gasteiger partial charge >= 0.3 is 0 Å². The maximum absolute atomic E-state index is 13.1. The van der Waals surface area contributed by atoms with Crippen molar-refractivity contribution in [3.05, 3.63) is 45.0 Å². The van der Waals surface area contributed by atoms with Gasteiger partial charge in [-0.15, -0.1) is 0 Å². The van der Waals surface area contributed by atoms with Crippen molar-refractivity contribution in [2.75, 3.05) is 26.8 Å². The van der Waals surface area contributed by atoms with Crippen LogP contribution in [0.3, 0.4) is 0 Å². The Bertz CT molecular complexity index is 1210. The minimum absolute atomic E-state index is 0.0320. The molecule has 2 N–H and O–H groups in total. The maximum Gasteiger partial charge on any atom is 0.264 e. The normalized spacial score (nSPS) is 16.1. The van der Waals surface area contributed by atoms with Gasteiger partial charge in [0.25, 0.3) is 5.56 Å². The molecule has 0 bridgehead atoms. The number of hydrogen-bond acceptors (Lipinski definition) is 7. The number of aliphatic imine (C=N–C) groups is 1. The summed E-state index contributed by atoms with van der Waals surface area (Å²) in [6, 6.07) is 6.29. The van der Waals surface area contributed by atoms with Gasteiger partial charge in [-0.2, -0.15) is 4.31 Å². The van der Waals surface area contributed by atoms with E-state index in [-0.39, 0.29) is 33.4 Å². The third-order valence-electron chi connectivity index (χ3n) is 5.37. The van der Waals surface area contributed by atoms with Crippen LogP contribution in [0.4, 0.5) is 5.69 Å². The van der Waals surface area contributed by atoms with E-state index in [0.717, 1.165) is 25.7 Å². The molecule has 0 unspecified atom stereocenters. The van der Waals surface area contributed by atoms with Gasteiger partial charge in [0.15, 0.2) is 4.77 Å². The average molecular weight is 481 g/mol. The molecule has 1 aromatic carbocycles. The van der Waals surface area contributed by atoms with Crippen molar-refractivity contribution in [3.63, 3.8) is 0 Å². The standard InChI is InChI=1S/C21H28N4O5S2/c1-15(18-19(26)23-21(31)25(20(18)27)12-13-30-2)22-16-8-7-9-17(14-16)32(28,29)24-10-5-3-4-6-11-24/h7-9,14,27H,3-6,10-13H2,1-2H3,(H,23,26,31). The van der Waals surface area contributed by atoms with Gasteiger partial charge in [0.2, 0.25) is 15.9 Å². The fraction of sp³-hybridized carbons (Fsp3) is 0.476. The molecule has 2 heterocycles. The van der Waals surface area contributed by atoms with Crippen molar-refractivity contribution in [1.29, 1.82) is 0 Å². The van der Waals surface area contributed by atoms with E-state index >= 15 is 0 Å². The van der Waals surface area contributed by atoms with Gasteiger partial charge in [0.1, 0.15) is 5.56 Å². The lowest BCUT2D eigenvalue weighted by molar-refractivity contribution is 0.182. The highest BCUT2D eigenvalue weighted by atomic mass is 32.2. The van der Waals surface area contributed by atoms with Crippen LogP contribution in [0.15, 0.2) is 38.9 Å². The first-order chi connectivity index (χ1) is 15.3. The van der Waals surface area contributed by atoms with Crippen molar-refractivity contribution in [3.8, 4) is 5.88 Å². The molecule has 32 heavy (non-hydrogen) atoms. The highest BCUT2D eigenvalue weighted by Crippen LogP contribution is 2.25. The second-order valence-electron chi connectivity index (χ2n) is 7.62. The lowest BCUT2D eigenvalue weighted by Crippen LogP contribution is -2.31. The van der Waals surface area contributed by atoms with Crippen LogP contribution in [-0.4, -0.2) is 59.9 Å². The number of aromatic hydroxyl groups is 1. The van der Waals surface area contributed by atoms with E-state index in [9.17, 15) is 18.3 Å². The molecular formula is C21H28N4O5S2. The Balaban J connectivity index is 1.98. The lowest BCUT2D eigenvalue weighted by atomic mass is 10.2. The molecule has 0 atom stereocenters. The van der Waals surface area contributed by atoms with Crippen LogP contribution < -0.4 is 5.56 Å². The molecule has 1 aromatic heterocycles. The highest BCUT2D eigenvalue weighted by molar-refractivity contribution is 7.89. The van der Waals surface area contributed by atoms with Crippen LogP contribution in [0, 0.1) is 4.77 Å². The third-order valence-corrected chi connectivity index (χ3v) is 7.59. The minimum Gasteiger partial charge on any atom is -0.494 e. The predicted molar refractivity (Wildman–Crippen MR) is 125 cm³/mol. The van der Waals surface area contributed by atoms with Crippen LogP contribution in [0.25, 0.3) is 0 Å². The summed E-state index contributed by atoms with van der Waals surface area (Å²) < 4.78 is 34.2. The molecule has 0 saturated carbocycles. The van der Waals surface area contributed by atoms with Crippen molar-refractivity contribution in [2.24, 2.45) is 4.99 Å². The Kier molecular flexibility index (Phi) is 7.99. The molecule has 0 radical (unpaired) electrons. The zero-order valence-corrected chi connectivity index (χ0v) is 19.8. The second kappa shape index (κ2) is 10.5. The number of benzene rings is 1. The first kappa shape index (κ1) is 24.3. The van der Waals surface area contributed by atoms with E-state index in [2.05, 4.69) is 9.98 Å². The number of rotatable bonds is 7. The van der Waals surface area contributed by atoms with Crippen LogP contribution in [-0.2, 0) is 21.3 Å². The van der Waals surface area contributed by atoms with Gasteiger partial charge < -0.3 is 9.84 Å². The predicted octanol–water partition coefficient (Wildman–Crippen LogP) is 2.96. The summed E-state index contributed by atoms with van der Waals surface area (Å²) in [6.45, 7) is 3.13. The molecular weight excluding hydrogens is 452 g/mol. The minimum atomic E-state index is -3.63. The number of hydrogen-bond donors (Lipinski definition) is 2. The van der Waals surface area contributed by atoms with Crippen LogP contribution in [0.1, 0.15) is 38.2 Å². The first-order valence-corrected chi connectivity index (χ1v) is 12.3. The summed E-state index contributed by atoms with van der Waals surface area (Å²) in [6.07, 6.45) is 3.75. The SMILES string of the molecule is COCCn1c(O)c(C(C)=Nc2cccc(S(=O)(=O)N3CCCCCC3)c2)c(=O)[nH]c1=S. The molecule has 1 saturated heterocycles. The summed E-state index contributed by atoms with van der Waals surface area (Å²) >= 11 is 5.13. The van der Waals surface area contributed by atoms with Crippen molar-refractivity contribution >= 4 is 33.6 Å². The third kappa shape index (κ3) is 5.34. The number of aromatic nitrogens is 2. The highest BCUT2D eigenvalue weighted by Gasteiger charge is 2.25. The van der Waals surface area contributed by atoms with E-state index in [4.69, 9.17) is 17.0 Å². The Morgan fingerprint density at radius 1 is 1.25 bits per heavy atom. The zero-order valence-electron chi connectivity index (χ0n) is 18.2. The summed E-state index contributed by atoms with van der Waals surface area (Å²) in [7, 11) is -2.11. The number of H-pyrrole nitrogens is 1. The van der Waals surface area contributed by atoms with E-state index in [1.807, 2.05) is 0 Å². The monoisotopic (exact) mass is 480 g/mol. The van der Waals surface area contributed by atoms with E-state index in [1.54, 1.807) is 25.1 Å². The van der Waals surface area contributed by atoms with Gasteiger partial charge in [-0.3, -0.25) is 19.3 Å². The molecule has 9 nitrogen and oxygen atoms in total. The number of sulfonamides is 1. The van der Waals surface area contributed by atoms with Gasteiger partial charge in [0.05, 0.1) is 29.4 Å². The summed E-state index contributed by atoms with van der Waals surface area (Å²) in [5.74, 6) is -0.314. The summed E-state index contributed by atoms with van der Waals surface area (Å²) in [4.78, 5) is 19.6. The molecule has 174 valence electrons. The number of aromatic amines is 1. The maximum atomic E-state index is 13.1. The van der Waals surface area contributed by atoms with Crippen molar-refractivity contribution < 1.29 is 18.3 Å². The number of nitrogens with zero attached hydrogens (tertiary/aromatic N) is 3. The smallest absolute Gasteiger partial charge is 0.264 e. The molecule has 1 aliphatic rings. The van der Waals surface area contributed by atoms with Gasteiger partial charge in [0, 0.05) is 20.2 Å². The Hall–Kier alpha value is -2.34. The molecule has 1 fully saturated rings. The van der Waals surface area contributed by atoms with Crippen LogP contribution >= 0.6 is 12.2 Å². The summed E-state index contributed by atoms with van der Waals surface area (Å²) in [5.41, 5.74) is -0.0106. The molecule has 3 rings (SSSR count). The van der Waals surface area contributed by atoms with Gasteiger partial charge in [-0.05, 0) is 50.2 Å². The molecule has 11 heteroatoms. The molecule has 1 aliphatic heterocycles. The average Bonchev–Trinajstić information content (AvgIpc) is 3.04. The molecule has 0 spiro atoms. The quantitative estimate of drug-likeness (QED) is 0.465. The van der Waals surface area contributed by atoms with Crippen LogP contribution in [0.5, 0.6) is 5.88 Å². The van der Waals surface area contributed by atoms with Crippen molar-refractivity contribution in [1.82, 2.24) is 13.9 Å². The largest absolute Gasteiger partial charge is 0.494 e. The second-order valence-corrected chi connectivity index (χ2v) is 9.94. The van der Waals surface area contributed by atoms with E-state index < -0.39 is 15.6 Å². The number of nitrogens with one attached hydrogen (secondary N) is 1. The first-order valence-electron chi connectivity index (χ1n) is 10.5. The lowest BCUT2D eigenvalue weighted by Gasteiger charge is -2.20. The summed E-state index contributed by atoms with van der Waals surface area (Å²) in [5, 5.41) is 10.6. The van der Waals surface area contributed by atoms with Gasteiger partial charge in [-0.1, -0.05) is 18.9 Å². The Morgan fingerprint density at radius 2 is 1.94 bits per heavy atom. The number of ether oxygens (including phenoxy) is 1. The van der Waals surface area contributed by atoms with Crippen LogP contribution in [0.2, 0.25) is 0 Å². The van der Waals surface area contributed by atoms with E-state index in [1.165, 1.54) is 22.0 Å². The Labute approximate surface area is 192 Å². The zero-order chi connectivity index (χ0) is 23.3. The molecule has 0 amide bonds. The van der Waals surface area contributed by atoms with Crippen molar-refractivity contribution in [2.45, 2.75) is 44.0 Å². The fourth-order valence-corrected chi connectivity index (χ4v) is 5.50. The fourth-order valence-electron chi connectivity index (χ4n) is 3.67. The van der Waals surface area contributed by atoms with E-state index in [0.29, 0.717) is 25.4 Å². The molecule has 0 aliphatic carbocycles. The Morgan fingerprint density at radius 3 is 2.59 bits per heavy atom. The molecule has 2 aromatic rings. The van der Waals surface area contributed by atoms with Gasteiger partial charge in [-0.25, -0.2) is 8.42 Å².